The second-order valence-corrected chi connectivity index (χ2v) is 4.17. The van der Waals surface area contributed by atoms with Crippen LogP contribution in [0, 0.1) is 17.0 Å². The smallest absolute Gasteiger partial charge is 0.352 e. The highest BCUT2D eigenvalue weighted by Crippen LogP contribution is 2.30. The lowest BCUT2D eigenvalue weighted by molar-refractivity contribution is -0.385. The summed E-state index contributed by atoms with van der Waals surface area (Å²) in [6, 6.07) is 7.89. The molecule has 1 aromatic carbocycles. The maximum atomic E-state index is 11.0. The van der Waals surface area contributed by atoms with Gasteiger partial charge in [-0.2, -0.15) is 0 Å². The number of rotatable bonds is 3. The van der Waals surface area contributed by atoms with Crippen LogP contribution in [-0.2, 0) is 7.05 Å². The van der Waals surface area contributed by atoms with Gasteiger partial charge in [0, 0.05) is 29.9 Å². The summed E-state index contributed by atoms with van der Waals surface area (Å²) < 4.78 is 1.51. The van der Waals surface area contributed by atoms with Crippen molar-refractivity contribution < 1.29 is 14.8 Å². The molecule has 98 valence electrons. The number of hydrogen-bond donors (Lipinski definition) is 1. The van der Waals surface area contributed by atoms with E-state index in [-0.39, 0.29) is 11.4 Å². The lowest BCUT2D eigenvalue weighted by atomic mass is 10.0. The number of carbonyl (C=O) groups is 1. The van der Waals surface area contributed by atoms with Crippen molar-refractivity contribution >= 4 is 11.7 Å². The first-order valence-corrected chi connectivity index (χ1v) is 5.57. The Labute approximate surface area is 109 Å². The minimum Gasteiger partial charge on any atom is -0.477 e. The second-order valence-electron chi connectivity index (χ2n) is 4.17. The van der Waals surface area contributed by atoms with E-state index in [1.54, 1.807) is 32.2 Å². The Morgan fingerprint density at radius 3 is 2.53 bits per heavy atom. The molecular formula is C13H12N2O4. The lowest BCUT2D eigenvalue weighted by Crippen LogP contribution is -2.05. The molecule has 0 atom stereocenters. The van der Waals surface area contributed by atoms with Crippen molar-refractivity contribution in [1.29, 1.82) is 0 Å². The van der Waals surface area contributed by atoms with Gasteiger partial charge in [0.2, 0.25) is 0 Å². The van der Waals surface area contributed by atoms with Crippen LogP contribution in [0.25, 0.3) is 11.3 Å². The average molecular weight is 260 g/mol. The van der Waals surface area contributed by atoms with Crippen molar-refractivity contribution in [2.45, 2.75) is 6.92 Å². The third-order valence-corrected chi connectivity index (χ3v) is 3.12. The summed E-state index contributed by atoms with van der Waals surface area (Å²) in [7, 11) is 1.62. The summed E-state index contributed by atoms with van der Waals surface area (Å²) in [6.07, 6.45) is 0. The van der Waals surface area contributed by atoms with Gasteiger partial charge >= 0.3 is 5.97 Å². The van der Waals surface area contributed by atoms with Crippen LogP contribution in [0.5, 0.6) is 0 Å². The van der Waals surface area contributed by atoms with Crippen LogP contribution < -0.4 is 0 Å². The van der Waals surface area contributed by atoms with Gasteiger partial charge in [0.05, 0.1) is 4.92 Å². The molecule has 2 aromatic rings. The average Bonchev–Trinajstić information content (AvgIpc) is 2.71. The highest BCUT2D eigenvalue weighted by Gasteiger charge is 2.18. The number of aromatic nitrogens is 1. The number of carboxylic acids is 1. The monoisotopic (exact) mass is 260 g/mol. The summed E-state index contributed by atoms with van der Waals surface area (Å²) in [5, 5.41) is 19.9. The van der Waals surface area contributed by atoms with E-state index in [0.717, 1.165) is 0 Å². The molecule has 1 aromatic heterocycles. The molecule has 0 spiro atoms. The van der Waals surface area contributed by atoms with Crippen LogP contribution in [-0.4, -0.2) is 20.6 Å². The van der Waals surface area contributed by atoms with Gasteiger partial charge in [-0.15, -0.1) is 0 Å². The Balaban J connectivity index is 2.63. The Morgan fingerprint density at radius 2 is 2.00 bits per heavy atom. The van der Waals surface area contributed by atoms with E-state index in [2.05, 4.69) is 0 Å². The molecule has 0 fully saturated rings. The SMILES string of the molecule is Cc1c(-c2ccc(C(=O)O)n2C)cccc1[N+](=O)[O-]. The molecule has 0 aliphatic carbocycles. The fourth-order valence-electron chi connectivity index (χ4n) is 2.10. The van der Waals surface area contributed by atoms with Gasteiger partial charge in [-0.1, -0.05) is 12.1 Å². The van der Waals surface area contributed by atoms with Crippen LogP contribution in [0.15, 0.2) is 30.3 Å². The van der Waals surface area contributed by atoms with Gasteiger partial charge in [0.15, 0.2) is 0 Å². The van der Waals surface area contributed by atoms with E-state index in [4.69, 9.17) is 5.11 Å². The number of nitro benzene ring substituents is 1. The van der Waals surface area contributed by atoms with Gasteiger partial charge in [0.25, 0.3) is 5.69 Å². The van der Waals surface area contributed by atoms with Crippen LogP contribution in [0.2, 0.25) is 0 Å². The summed E-state index contributed by atoms with van der Waals surface area (Å²) in [5.74, 6) is -1.03. The Bertz CT molecular complexity index is 673. The van der Waals surface area contributed by atoms with E-state index in [9.17, 15) is 14.9 Å². The van der Waals surface area contributed by atoms with Crippen molar-refractivity contribution in [2.24, 2.45) is 7.05 Å². The van der Waals surface area contributed by atoms with Gasteiger partial charge in [-0.3, -0.25) is 10.1 Å². The molecule has 0 radical (unpaired) electrons. The second kappa shape index (κ2) is 4.56. The standard InChI is InChI=1S/C13H12N2O4/c1-8-9(4-3-5-10(8)15(18)19)11-6-7-12(13(16)17)14(11)2/h3-7H,1-2H3,(H,16,17). The van der Waals surface area contributed by atoms with Crippen molar-refractivity contribution in [3.63, 3.8) is 0 Å². The van der Waals surface area contributed by atoms with Crippen molar-refractivity contribution in [2.75, 3.05) is 0 Å². The number of nitro groups is 1. The van der Waals surface area contributed by atoms with E-state index < -0.39 is 10.9 Å². The summed E-state index contributed by atoms with van der Waals surface area (Å²) in [5.41, 5.74) is 1.98. The molecule has 0 aliphatic rings. The van der Waals surface area contributed by atoms with Crippen LogP contribution in [0.4, 0.5) is 5.69 Å². The predicted octanol–water partition coefficient (Wildman–Crippen LogP) is 2.61. The molecule has 0 unspecified atom stereocenters. The molecule has 0 saturated heterocycles. The summed E-state index contributed by atoms with van der Waals surface area (Å²) in [4.78, 5) is 21.5. The first-order valence-electron chi connectivity index (χ1n) is 5.57. The zero-order valence-corrected chi connectivity index (χ0v) is 10.5. The molecule has 0 aliphatic heterocycles. The highest BCUT2D eigenvalue weighted by molar-refractivity contribution is 5.87. The maximum absolute atomic E-state index is 11.0. The van der Waals surface area contributed by atoms with Crippen molar-refractivity contribution in [3.8, 4) is 11.3 Å². The lowest BCUT2D eigenvalue weighted by Gasteiger charge is -2.08. The van der Waals surface area contributed by atoms with Gasteiger partial charge in [-0.25, -0.2) is 4.79 Å². The minimum absolute atomic E-state index is 0.0237. The Morgan fingerprint density at radius 1 is 1.32 bits per heavy atom. The Hall–Kier alpha value is -2.63. The normalized spacial score (nSPS) is 10.4. The summed E-state index contributed by atoms with van der Waals surface area (Å²) in [6.45, 7) is 1.65. The number of nitrogens with zero attached hydrogens (tertiary/aromatic N) is 2. The fourth-order valence-corrected chi connectivity index (χ4v) is 2.10. The molecular weight excluding hydrogens is 248 g/mol. The first kappa shape index (κ1) is 12.8. The quantitative estimate of drug-likeness (QED) is 0.679. The topological polar surface area (TPSA) is 85.4 Å². The van der Waals surface area contributed by atoms with Crippen LogP contribution in [0.1, 0.15) is 16.1 Å². The molecule has 6 nitrogen and oxygen atoms in total. The molecule has 19 heavy (non-hydrogen) atoms. The first-order chi connectivity index (χ1) is 8.93. The molecule has 1 N–H and O–H groups in total. The van der Waals surface area contributed by atoms with Crippen LogP contribution in [0.3, 0.4) is 0 Å². The third-order valence-electron chi connectivity index (χ3n) is 3.12. The van der Waals surface area contributed by atoms with Gasteiger partial charge < -0.3 is 9.67 Å². The minimum atomic E-state index is -1.03. The van der Waals surface area contributed by atoms with Crippen molar-refractivity contribution in [1.82, 2.24) is 4.57 Å². The molecule has 2 rings (SSSR count). The summed E-state index contributed by atoms with van der Waals surface area (Å²) >= 11 is 0. The van der Waals surface area contributed by atoms with E-state index >= 15 is 0 Å². The van der Waals surface area contributed by atoms with Gasteiger partial charge in [0.1, 0.15) is 5.69 Å². The largest absolute Gasteiger partial charge is 0.477 e. The molecule has 0 saturated carbocycles. The number of hydrogen-bond acceptors (Lipinski definition) is 3. The van der Waals surface area contributed by atoms with E-state index in [1.165, 1.54) is 16.7 Å². The Kier molecular flexibility index (Phi) is 3.08. The van der Waals surface area contributed by atoms with Crippen molar-refractivity contribution in [3.05, 3.63) is 51.7 Å². The number of benzene rings is 1. The molecule has 0 bridgehead atoms. The fraction of sp³-hybridized carbons (Fsp3) is 0.154. The zero-order valence-electron chi connectivity index (χ0n) is 10.5. The molecule has 1 heterocycles. The molecule has 0 amide bonds. The number of aromatic carboxylic acids is 1. The maximum Gasteiger partial charge on any atom is 0.352 e. The zero-order chi connectivity index (χ0) is 14.2. The van der Waals surface area contributed by atoms with E-state index in [1.807, 2.05) is 0 Å². The predicted molar refractivity (Wildman–Crippen MR) is 69.2 cm³/mol. The van der Waals surface area contributed by atoms with E-state index in [0.29, 0.717) is 16.8 Å². The highest BCUT2D eigenvalue weighted by atomic mass is 16.6. The van der Waals surface area contributed by atoms with Crippen LogP contribution >= 0.6 is 0 Å². The third kappa shape index (κ3) is 2.08. The van der Waals surface area contributed by atoms with Gasteiger partial charge in [-0.05, 0) is 19.1 Å². The number of carboxylic acid groups (broad SMARTS) is 1. The molecule has 6 heteroatoms.